The van der Waals surface area contributed by atoms with E-state index in [2.05, 4.69) is 16.3 Å². The van der Waals surface area contributed by atoms with E-state index in [9.17, 15) is 4.79 Å². The molecule has 2 aromatic carbocycles. The van der Waals surface area contributed by atoms with Crippen LogP contribution in [0.25, 0.3) is 16.9 Å². The number of benzene rings is 2. The van der Waals surface area contributed by atoms with Gasteiger partial charge in [0.05, 0.1) is 23.6 Å². The van der Waals surface area contributed by atoms with Crippen LogP contribution < -0.4 is 5.32 Å². The monoisotopic (exact) mass is 440 g/mol. The summed E-state index contributed by atoms with van der Waals surface area (Å²) < 4.78 is 7.48. The molecule has 168 valence electrons. The summed E-state index contributed by atoms with van der Waals surface area (Å²) in [5, 5.41) is 7.95. The minimum Gasteiger partial charge on any atom is -0.468 e. The minimum absolute atomic E-state index is 0.0260. The summed E-state index contributed by atoms with van der Waals surface area (Å²) >= 11 is 0. The van der Waals surface area contributed by atoms with Crippen LogP contribution in [0.2, 0.25) is 0 Å². The van der Waals surface area contributed by atoms with Crippen LogP contribution >= 0.6 is 0 Å². The van der Waals surface area contributed by atoms with Gasteiger partial charge in [-0.05, 0) is 63.2 Å². The third-order valence-corrected chi connectivity index (χ3v) is 6.18. The minimum atomic E-state index is -0.135. The van der Waals surface area contributed by atoms with Gasteiger partial charge >= 0.3 is 0 Å². The molecule has 4 aromatic rings. The maximum absolute atomic E-state index is 13.4. The third kappa shape index (κ3) is 4.61. The molecule has 5 rings (SSSR count). The summed E-state index contributed by atoms with van der Waals surface area (Å²) in [5.74, 6) is 0.750. The number of nitrogens with one attached hydrogen (secondary N) is 1. The highest BCUT2D eigenvalue weighted by Gasteiger charge is 2.27. The average molecular weight is 441 g/mol. The van der Waals surface area contributed by atoms with Crippen molar-refractivity contribution in [2.75, 3.05) is 19.6 Å². The molecule has 33 heavy (non-hydrogen) atoms. The van der Waals surface area contributed by atoms with E-state index in [0.29, 0.717) is 17.8 Å². The van der Waals surface area contributed by atoms with E-state index in [-0.39, 0.29) is 11.9 Å². The fraction of sp³-hybridized carbons (Fsp3) is 0.259. The number of carbonyl (C=O) groups excluding carboxylic acids is 1. The number of hydrogen-bond acceptors (Lipinski definition) is 4. The molecule has 3 heterocycles. The Hall–Kier alpha value is -3.64. The van der Waals surface area contributed by atoms with Crippen molar-refractivity contribution in [3.63, 3.8) is 0 Å². The fourth-order valence-electron chi connectivity index (χ4n) is 4.49. The number of furan rings is 1. The van der Waals surface area contributed by atoms with Gasteiger partial charge in [-0.25, -0.2) is 4.68 Å². The maximum Gasteiger partial charge on any atom is 0.255 e. The van der Waals surface area contributed by atoms with Crippen molar-refractivity contribution in [1.82, 2.24) is 20.0 Å². The topological polar surface area (TPSA) is 63.3 Å². The van der Waals surface area contributed by atoms with Crippen molar-refractivity contribution in [3.05, 3.63) is 96.1 Å². The van der Waals surface area contributed by atoms with Crippen LogP contribution in [-0.2, 0) is 0 Å². The van der Waals surface area contributed by atoms with E-state index in [1.807, 2.05) is 73.8 Å². The van der Waals surface area contributed by atoms with Crippen LogP contribution in [0.3, 0.4) is 0 Å². The number of likely N-dealkylation sites (tertiary alicyclic amines) is 1. The Kier molecular flexibility index (Phi) is 6.09. The smallest absolute Gasteiger partial charge is 0.255 e. The lowest BCUT2D eigenvalue weighted by Gasteiger charge is -2.26. The van der Waals surface area contributed by atoms with Crippen LogP contribution in [0, 0.1) is 6.92 Å². The van der Waals surface area contributed by atoms with Crippen LogP contribution in [-0.4, -0.2) is 40.2 Å². The van der Waals surface area contributed by atoms with Gasteiger partial charge in [0, 0.05) is 18.3 Å². The van der Waals surface area contributed by atoms with Gasteiger partial charge in [-0.1, -0.05) is 42.0 Å². The highest BCUT2D eigenvalue weighted by atomic mass is 16.3. The zero-order valence-electron chi connectivity index (χ0n) is 18.8. The number of aryl methyl sites for hydroxylation is 1. The molecule has 6 heteroatoms. The molecule has 1 saturated heterocycles. The predicted octanol–water partition coefficient (Wildman–Crippen LogP) is 5.01. The number of amides is 1. The number of para-hydroxylation sites is 1. The van der Waals surface area contributed by atoms with Crippen LogP contribution in [0.1, 0.15) is 40.6 Å². The average Bonchev–Trinajstić information content (AvgIpc) is 3.62. The third-order valence-electron chi connectivity index (χ3n) is 6.18. The molecule has 1 unspecified atom stereocenters. The number of aromatic nitrogens is 2. The molecule has 1 aliphatic heterocycles. The summed E-state index contributed by atoms with van der Waals surface area (Å²) in [4.78, 5) is 15.8. The number of nitrogens with zero attached hydrogens (tertiary/aromatic N) is 3. The van der Waals surface area contributed by atoms with Crippen molar-refractivity contribution >= 4 is 5.91 Å². The van der Waals surface area contributed by atoms with E-state index in [4.69, 9.17) is 9.52 Å². The first-order chi connectivity index (χ1) is 16.2. The zero-order valence-corrected chi connectivity index (χ0v) is 18.8. The second-order valence-electron chi connectivity index (χ2n) is 8.53. The van der Waals surface area contributed by atoms with Gasteiger partial charge in [-0.2, -0.15) is 5.10 Å². The Morgan fingerprint density at radius 3 is 2.61 bits per heavy atom. The largest absolute Gasteiger partial charge is 0.468 e. The Labute approximate surface area is 193 Å². The summed E-state index contributed by atoms with van der Waals surface area (Å²) in [5.41, 5.74) is 4.20. The van der Waals surface area contributed by atoms with Gasteiger partial charge in [0.1, 0.15) is 11.5 Å². The van der Waals surface area contributed by atoms with E-state index >= 15 is 0 Å². The predicted molar refractivity (Wildman–Crippen MR) is 128 cm³/mol. The molecule has 1 aliphatic rings. The van der Waals surface area contributed by atoms with Crippen molar-refractivity contribution in [2.24, 2.45) is 0 Å². The Morgan fingerprint density at radius 2 is 1.88 bits per heavy atom. The van der Waals surface area contributed by atoms with Gasteiger partial charge in [-0.3, -0.25) is 9.69 Å². The highest BCUT2D eigenvalue weighted by Crippen LogP contribution is 2.27. The second-order valence-corrected chi connectivity index (χ2v) is 8.53. The molecule has 1 atom stereocenters. The summed E-state index contributed by atoms with van der Waals surface area (Å²) in [6, 6.07) is 21.9. The highest BCUT2D eigenvalue weighted by molar-refractivity contribution is 6.00. The van der Waals surface area contributed by atoms with Crippen molar-refractivity contribution < 1.29 is 9.21 Å². The molecular formula is C27H28N4O2. The Balaban J connectivity index is 1.44. The first-order valence-corrected chi connectivity index (χ1v) is 11.5. The van der Waals surface area contributed by atoms with Crippen LogP contribution in [0.5, 0.6) is 0 Å². The van der Waals surface area contributed by atoms with E-state index in [1.165, 1.54) is 12.8 Å². The molecule has 1 N–H and O–H groups in total. The molecule has 6 nitrogen and oxygen atoms in total. The molecule has 1 fully saturated rings. The number of carbonyl (C=O) groups is 1. The van der Waals surface area contributed by atoms with Crippen molar-refractivity contribution in [1.29, 1.82) is 0 Å². The van der Waals surface area contributed by atoms with Crippen molar-refractivity contribution in [3.8, 4) is 16.9 Å². The normalized spacial score (nSPS) is 14.9. The van der Waals surface area contributed by atoms with Crippen molar-refractivity contribution in [2.45, 2.75) is 25.8 Å². The van der Waals surface area contributed by atoms with Gasteiger partial charge < -0.3 is 9.73 Å². The molecule has 0 radical (unpaired) electrons. The molecular weight excluding hydrogens is 412 g/mol. The summed E-state index contributed by atoms with van der Waals surface area (Å²) in [6.45, 7) is 4.56. The summed E-state index contributed by atoms with van der Waals surface area (Å²) in [7, 11) is 0. The molecule has 0 aliphatic carbocycles. The molecule has 0 spiro atoms. The fourth-order valence-corrected chi connectivity index (χ4v) is 4.49. The zero-order chi connectivity index (χ0) is 22.6. The summed E-state index contributed by atoms with van der Waals surface area (Å²) in [6.07, 6.45) is 5.86. The van der Waals surface area contributed by atoms with Crippen LogP contribution in [0.4, 0.5) is 0 Å². The lowest BCUT2D eigenvalue weighted by atomic mass is 10.1. The van der Waals surface area contributed by atoms with E-state index in [1.54, 1.807) is 10.9 Å². The first-order valence-electron chi connectivity index (χ1n) is 11.5. The Bertz CT molecular complexity index is 1210. The van der Waals surface area contributed by atoms with Gasteiger partial charge in [0.15, 0.2) is 0 Å². The standard InChI is InChI=1S/C27H28N4O2/c1-20-9-7-10-21(17-20)26-23(19-31(29-26)22-11-3-2-4-12-22)27(32)28-18-24(25-13-8-16-33-25)30-14-5-6-15-30/h2-4,7-13,16-17,19,24H,5-6,14-15,18H2,1H3,(H,28,32). The number of hydrogen-bond donors (Lipinski definition) is 1. The maximum atomic E-state index is 13.4. The molecule has 0 saturated carbocycles. The molecule has 1 amide bonds. The van der Waals surface area contributed by atoms with E-state index in [0.717, 1.165) is 35.7 Å². The van der Waals surface area contributed by atoms with Gasteiger partial charge in [-0.15, -0.1) is 0 Å². The molecule has 0 bridgehead atoms. The lowest BCUT2D eigenvalue weighted by molar-refractivity contribution is 0.0934. The van der Waals surface area contributed by atoms with Gasteiger partial charge in [0.25, 0.3) is 5.91 Å². The first kappa shape index (κ1) is 21.2. The van der Waals surface area contributed by atoms with E-state index < -0.39 is 0 Å². The Morgan fingerprint density at radius 1 is 1.06 bits per heavy atom. The van der Waals surface area contributed by atoms with Crippen LogP contribution in [0.15, 0.2) is 83.6 Å². The lowest BCUT2D eigenvalue weighted by Crippen LogP contribution is -2.36. The SMILES string of the molecule is Cc1cccc(-c2nn(-c3ccccc3)cc2C(=O)NCC(c2ccco2)N2CCCC2)c1. The molecule has 2 aromatic heterocycles. The van der Waals surface area contributed by atoms with Gasteiger partial charge in [0.2, 0.25) is 0 Å². The number of rotatable bonds is 7. The quantitative estimate of drug-likeness (QED) is 0.439. The second kappa shape index (κ2) is 9.46.